The van der Waals surface area contributed by atoms with E-state index in [0.717, 1.165) is 17.4 Å². The number of ether oxygens (including phenoxy) is 8. The molecule has 9 aromatic rings. The molecule has 6 amide bonds. The summed E-state index contributed by atoms with van der Waals surface area (Å²) in [6, 6.07) is 17.1. The van der Waals surface area contributed by atoms with E-state index in [1.165, 1.54) is 198 Å². The lowest BCUT2D eigenvalue weighted by Crippen LogP contribution is -2.62. The van der Waals surface area contributed by atoms with Crippen LogP contribution in [0.4, 0.5) is 39.5 Å². The van der Waals surface area contributed by atoms with Gasteiger partial charge in [-0.1, -0.05) is 52.0 Å². The van der Waals surface area contributed by atoms with Crippen LogP contribution in [0.25, 0.3) is 43.1 Å². The number of nitrogens with one attached hydrogen (secondary N) is 2. The SMILES string of the molecule is CO[Si](CCOc1cccc(Oc2cc3c4c(cc(Oc5cccc(OCC[Si](OC)(OC)OC)c5)c5c6c(Oc7cccc(OCC[Si](OC)(OC)OC)c7)cc7c8c(cc(Oc9cccc(OCC[Si](OC)(OC)OC)c9)c(c2c45)c86)C(=O)N(C(C(=O)NC(C(F)(F)F)C(F)(F)F)C(C)C)C7=O)C(=O)N(C(C(=O)NC(C)C(F)(F)F)C(C)C)C3=O)c1)(OC)OC. The molecule has 0 aromatic heterocycles. The average Bonchev–Trinajstić information content (AvgIpc) is 0.669. The van der Waals surface area contributed by atoms with Gasteiger partial charge in [0.15, 0.2) is 0 Å². The van der Waals surface area contributed by atoms with E-state index in [1.54, 1.807) is 24.3 Å². The molecule has 3 atom stereocenters. The highest BCUT2D eigenvalue weighted by Gasteiger charge is 2.59. The molecular formula is C84H95F9N4O26Si4. The van der Waals surface area contributed by atoms with Gasteiger partial charge in [0.25, 0.3) is 23.6 Å². The van der Waals surface area contributed by atoms with Gasteiger partial charge in [0.1, 0.15) is 87.1 Å². The van der Waals surface area contributed by atoms with E-state index in [4.69, 9.17) is 91.0 Å². The molecule has 3 unspecified atom stereocenters. The topological polar surface area (TPSA) is 318 Å². The molecule has 2 aliphatic rings. The van der Waals surface area contributed by atoms with Crippen LogP contribution in [0.2, 0.25) is 24.2 Å². The monoisotopic (exact) mass is 1860 g/mol. The van der Waals surface area contributed by atoms with E-state index in [9.17, 15) is 49.1 Å². The summed E-state index contributed by atoms with van der Waals surface area (Å²) in [6.45, 7) is 5.41. The summed E-state index contributed by atoms with van der Waals surface area (Å²) in [4.78, 5) is 96.1. The second kappa shape index (κ2) is 39.7. The van der Waals surface area contributed by atoms with Gasteiger partial charge < -0.3 is 102 Å². The van der Waals surface area contributed by atoms with Gasteiger partial charge >= 0.3 is 53.7 Å². The van der Waals surface area contributed by atoms with Crippen molar-refractivity contribution in [2.24, 2.45) is 11.8 Å². The van der Waals surface area contributed by atoms with Crippen LogP contribution in [0.15, 0.2) is 121 Å². The highest BCUT2D eigenvalue weighted by molar-refractivity contribution is 6.62. The van der Waals surface area contributed by atoms with Crippen LogP contribution >= 0.6 is 0 Å². The molecule has 686 valence electrons. The fourth-order valence-electron chi connectivity index (χ4n) is 15.2. The summed E-state index contributed by atoms with van der Waals surface area (Å²) in [7, 11) is 3.50. The Kier molecular flexibility index (Phi) is 30.4. The number of hydrogen-bond donors (Lipinski definition) is 2. The largest absolute Gasteiger partial charge is 0.503 e. The lowest BCUT2D eigenvalue weighted by atomic mass is 9.80. The van der Waals surface area contributed by atoms with Crippen molar-refractivity contribution in [3.05, 3.63) is 144 Å². The molecule has 0 spiro atoms. The van der Waals surface area contributed by atoms with Crippen LogP contribution in [-0.2, 0) is 62.7 Å². The van der Waals surface area contributed by atoms with Gasteiger partial charge in [-0.3, -0.25) is 38.6 Å². The van der Waals surface area contributed by atoms with Crippen molar-refractivity contribution >= 4 is 114 Å². The van der Waals surface area contributed by atoms with Crippen LogP contribution in [0.5, 0.6) is 69.0 Å². The number of hydrogen-bond acceptors (Lipinski definition) is 26. The molecule has 2 heterocycles. The molecule has 11 rings (SSSR count). The molecule has 0 fully saturated rings. The zero-order valence-electron chi connectivity index (χ0n) is 72.1. The number of fused-ring (bicyclic) bond motifs is 2. The summed E-state index contributed by atoms with van der Waals surface area (Å²) in [6.07, 6.45) is -17.4. The van der Waals surface area contributed by atoms with Gasteiger partial charge in [-0.05, 0) is 91.6 Å². The Balaban J connectivity index is 1.33. The smallest absolute Gasteiger partial charge is 0.493 e. The van der Waals surface area contributed by atoms with E-state index in [1.807, 2.05) is 5.32 Å². The fourth-order valence-corrected chi connectivity index (χ4v) is 21.0. The van der Waals surface area contributed by atoms with Gasteiger partial charge in [0.05, 0.1) is 72.9 Å². The van der Waals surface area contributed by atoms with E-state index in [0.29, 0.717) is 11.8 Å². The second-order valence-electron chi connectivity index (χ2n) is 29.7. The normalized spacial score (nSPS) is 14.4. The first-order valence-electron chi connectivity index (χ1n) is 39.4. The van der Waals surface area contributed by atoms with E-state index < -0.39 is 170 Å². The number of rotatable bonds is 44. The average molecular weight is 1860 g/mol. The van der Waals surface area contributed by atoms with Gasteiger partial charge in [0, 0.05) is 153 Å². The second-order valence-corrected chi connectivity index (χ2v) is 42.1. The highest BCUT2D eigenvalue weighted by atomic mass is 28.4. The number of benzene rings is 9. The molecule has 43 heteroatoms. The fraction of sp³-hybridized carbons (Fsp3) is 0.405. The Hall–Kier alpha value is -10.3. The molecule has 0 aliphatic carbocycles. The van der Waals surface area contributed by atoms with Gasteiger partial charge in [-0.15, -0.1) is 0 Å². The maximum atomic E-state index is 16.5. The molecule has 30 nitrogen and oxygen atoms in total. The summed E-state index contributed by atoms with van der Waals surface area (Å²) >= 11 is 0. The number of amides is 6. The minimum absolute atomic E-state index is 0.0880. The van der Waals surface area contributed by atoms with Crippen LogP contribution in [0.1, 0.15) is 76.1 Å². The third kappa shape index (κ3) is 20.2. The molecule has 0 saturated carbocycles. The van der Waals surface area contributed by atoms with Gasteiger partial charge in [0.2, 0.25) is 17.9 Å². The van der Waals surface area contributed by atoms with Crippen molar-refractivity contribution in [2.75, 3.05) is 112 Å². The predicted molar refractivity (Wildman–Crippen MR) is 448 cm³/mol. The van der Waals surface area contributed by atoms with E-state index in [2.05, 4.69) is 0 Å². The zero-order valence-corrected chi connectivity index (χ0v) is 76.1. The molecule has 9 aromatic carbocycles. The Bertz CT molecular complexity index is 5210. The summed E-state index contributed by atoms with van der Waals surface area (Å²) in [5.41, 5.74) is -2.14. The molecule has 2 N–H and O–H groups in total. The van der Waals surface area contributed by atoms with Crippen LogP contribution < -0.4 is 48.5 Å². The minimum Gasteiger partial charge on any atom is -0.493 e. The van der Waals surface area contributed by atoms with E-state index >= 15 is 19.2 Å². The standard InChI is InChI=1S/C84H95F9N4O26Si4/c1-46(2)73(75(98)94-48(5)82(85,86)87)96-77(100)57-42-61(120-53-26-18-22-49(38-53)116-30-34-124(104-6,105-7)106-8)67-69-63(122-55-28-20-24-51(40-55)118-32-36-126(110-12,111-13)112-14)44-59-66-60(80(103)97(79(59)102)74(47(3)4)76(99)95-81(83(88,89)90)84(91,92)93)45-64(123-56-29-21-25-52(41-56)119-33-37-127(113-15,114-16)115-17)70(72(66)69)68-62(43-58(78(96)101)65(57)71(67)68)121-54-27-19-23-50(39-54)117-31-35-125(107-9,108-10)109-11/h18-29,38-48,73-74,81H,30-37H2,1-17H3,(H,94,98)(H,95,99). The zero-order chi connectivity index (χ0) is 92.8. The Morgan fingerprint density at radius 1 is 0.315 bits per heavy atom. The molecule has 0 saturated heterocycles. The number of alkyl halides is 9. The quantitative estimate of drug-likeness (QED) is 0.0118. The number of halogens is 9. The minimum atomic E-state index is -6.19. The number of carbonyl (C=O) groups is 6. The van der Waals surface area contributed by atoms with Crippen molar-refractivity contribution in [3.63, 3.8) is 0 Å². The molecule has 0 radical (unpaired) electrons. The van der Waals surface area contributed by atoms with Crippen LogP contribution in [-0.4, -0.2) is 235 Å². The van der Waals surface area contributed by atoms with Gasteiger partial charge in [-0.25, -0.2) is 0 Å². The first-order chi connectivity index (χ1) is 60.2. The molecule has 127 heavy (non-hydrogen) atoms. The van der Waals surface area contributed by atoms with Crippen molar-refractivity contribution in [3.8, 4) is 69.0 Å². The Morgan fingerprint density at radius 3 is 0.740 bits per heavy atom. The third-order valence-corrected chi connectivity index (χ3v) is 32.4. The molecule has 0 bridgehead atoms. The lowest BCUT2D eigenvalue weighted by molar-refractivity contribution is -0.258. The number of imide groups is 2. The summed E-state index contributed by atoms with van der Waals surface area (Å²) < 4.78 is 253. The van der Waals surface area contributed by atoms with Crippen molar-refractivity contribution < 1.29 is 159 Å². The Labute approximate surface area is 727 Å². The lowest BCUT2D eigenvalue weighted by Gasteiger charge is -2.37. The van der Waals surface area contributed by atoms with E-state index in [-0.39, 0.29) is 145 Å². The van der Waals surface area contributed by atoms with Crippen molar-refractivity contribution in [2.45, 2.75) is 101 Å². The summed E-state index contributed by atoms with van der Waals surface area (Å²) in [5, 5.41) is 1.01. The highest BCUT2D eigenvalue weighted by Crippen LogP contribution is 2.59. The first-order valence-corrected chi connectivity index (χ1v) is 47.1. The third-order valence-electron chi connectivity index (χ3n) is 21.7. The number of carbonyl (C=O) groups excluding carboxylic acids is 6. The molecular weight excluding hydrogens is 1760 g/mol. The van der Waals surface area contributed by atoms with Gasteiger partial charge in [-0.2, -0.15) is 39.5 Å². The van der Waals surface area contributed by atoms with Crippen LogP contribution in [0.3, 0.4) is 0 Å². The maximum absolute atomic E-state index is 16.5. The first kappa shape index (κ1) is 97.3. The summed E-state index contributed by atoms with van der Waals surface area (Å²) in [5.74, 6) is -13.3. The van der Waals surface area contributed by atoms with Crippen molar-refractivity contribution in [1.29, 1.82) is 0 Å². The number of nitrogens with zero attached hydrogens (tertiary/aromatic N) is 2. The maximum Gasteiger partial charge on any atom is 0.503 e. The predicted octanol–water partition coefficient (Wildman–Crippen LogP) is 15.9. The van der Waals surface area contributed by atoms with Crippen LogP contribution in [0, 0.1) is 11.8 Å². The Morgan fingerprint density at radius 2 is 0.535 bits per heavy atom. The molecule has 2 aliphatic heterocycles. The van der Waals surface area contributed by atoms with Crippen molar-refractivity contribution in [1.82, 2.24) is 20.4 Å².